The zero-order valence-corrected chi connectivity index (χ0v) is 15.8. The van der Waals surface area contributed by atoms with E-state index in [0.717, 1.165) is 15.6 Å². The monoisotopic (exact) mass is 419 g/mol. The Bertz CT molecular complexity index is 897. The van der Waals surface area contributed by atoms with E-state index in [1.165, 1.54) is 0 Å². The summed E-state index contributed by atoms with van der Waals surface area (Å²) < 4.78 is 6.19. The number of carbonyl (C=O) groups is 1. The van der Waals surface area contributed by atoms with Crippen LogP contribution in [0.5, 0.6) is 0 Å². The van der Waals surface area contributed by atoms with E-state index in [9.17, 15) is 4.79 Å². The molecule has 128 valence electrons. The van der Waals surface area contributed by atoms with E-state index in [1.807, 2.05) is 42.5 Å². The lowest BCUT2D eigenvalue weighted by Gasteiger charge is -2.15. The molecule has 0 fully saturated rings. The van der Waals surface area contributed by atoms with E-state index in [2.05, 4.69) is 26.1 Å². The van der Waals surface area contributed by atoms with Gasteiger partial charge < -0.3 is 9.42 Å². The lowest BCUT2D eigenvalue weighted by Crippen LogP contribution is -2.27. The lowest BCUT2D eigenvalue weighted by atomic mass is 10.1. The maximum atomic E-state index is 12.4. The zero-order valence-electron chi connectivity index (χ0n) is 13.4. The molecular weight excluding hydrogens is 406 g/mol. The van der Waals surface area contributed by atoms with Crippen molar-refractivity contribution in [1.29, 1.82) is 0 Å². The summed E-state index contributed by atoms with van der Waals surface area (Å²) in [6, 6.07) is 14.9. The fourth-order valence-corrected chi connectivity index (χ4v) is 2.90. The molecule has 0 saturated carbocycles. The second-order valence-electron chi connectivity index (χ2n) is 5.54. The third kappa shape index (κ3) is 4.46. The highest BCUT2D eigenvalue weighted by molar-refractivity contribution is 9.10. The van der Waals surface area contributed by atoms with E-state index < -0.39 is 0 Å². The van der Waals surface area contributed by atoms with Crippen molar-refractivity contribution in [3.63, 3.8) is 0 Å². The molecule has 0 spiro atoms. The molecular formula is C18H15BrClN3O2. The standard InChI is InChI=1S/C18H15BrClN3O2/c1-23(17(24)10-12-5-2-3-8-15(12)20)11-16-21-18(22-25-16)13-6-4-7-14(19)9-13/h2-9H,10-11H2,1H3. The van der Waals surface area contributed by atoms with Crippen molar-refractivity contribution in [3.8, 4) is 11.4 Å². The van der Waals surface area contributed by atoms with Gasteiger partial charge in [0.2, 0.25) is 17.6 Å². The molecule has 5 nitrogen and oxygen atoms in total. The van der Waals surface area contributed by atoms with Crippen LogP contribution in [0.2, 0.25) is 5.02 Å². The number of rotatable bonds is 5. The molecule has 0 saturated heterocycles. The van der Waals surface area contributed by atoms with E-state index >= 15 is 0 Å². The molecule has 1 aromatic heterocycles. The normalized spacial score (nSPS) is 10.7. The molecule has 0 radical (unpaired) electrons. The first-order valence-electron chi connectivity index (χ1n) is 7.59. The summed E-state index contributed by atoms with van der Waals surface area (Å²) in [5.41, 5.74) is 1.63. The Balaban J connectivity index is 1.66. The fraction of sp³-hybridized carbons (Fsp3) is 0.167. The van der Waals surface area contributed by atoms with Crippen molar-refractivity contribution >= 4 is 33.4 Å². The third-order valence-corrected chi connectivity index (χ3v) is 4.51. The van der Waals surface area contributed by atoms with Crippen LogP contribution in [0, 0.1) is 0 Å². The minimum Gasteiger partial charge on any atom is -0.337 e. The number of carbonyl (C=O) groups excluding carboxylic acids is 1. The van der Waals surface area contributed by atoms with Crippen LogP contribution in [-0.2, 0) is 17.8 Å². The van der Waals surface area contributed by atoms with Gasteiger partial charge in [0.25, 0.3) is 0 Å². The Labute approximate surface area is 158 Å². The maximum absolute atomic E-state index is 12.4. The number of aromatic nitrogens is 2. The minimum atomic E-state index is -0.0738. The van der Waals surface area contributed by atoms with Gasteiger partial charge in [0.05, 0.1) is 13.0 Å². The van der Waals surface area contributed by atoms with E-state index in [1.54, 1.807) is 18.0 Å². The molecule has 3 aromatic rings. The minimum absolute atomic E-state index is 0.0738. The van der Waals surface area contributed by atoms with Gasteiger partial charge in [-0.05, 0) is 23.8 Å². The Morgan fingerprint density at radius 3 is 2.80 bits per heavy atom. The van der Waals surface area contributed by atoms with Crippen molar-refractivity contribution in [3.05, 3.63) is 69.5 Å². The number of nitrogens with zero attached hydrogens (tertiary/aromatic N) is 3. The van der Waals surface area contributed by atoms with Gasteiger partial charge in [0.1, 0.15) is 0 Å². The summed E-state index contributed by atoms with van der Waals surface area (Å²) in [6.45, 7) is 0.240. The van der Waals surface area contributed by atoms with Gasteiger partial charge in [-0.1, -0.05) is 63.0 Å². The molecule has 1 heterocycles. The molecule has 0 atom stereocenters. The smallest absolute Gasteiger partial charge is 0.246 e. The number of amides is 1. The molecule has 0 aliphatic rings. The van der Waals surface area contributed by atoms with E-state index in [4.69, 9.17) is 16.1 Å². The van der Waals surface area contributed by atoms with Crippen LogP contribution in [0.4, 0.5) is 0 Å². The first-order valence-corrected chi connectivity index (χ1v) is 8.76. The summed E-state index contributed by atoms with van der Waals surface area (Å²) in [5, 5.41) is 4.55. The number of benzene rings is 2. The molecule has 0 N–H and O–H groups in total. The Morgan fingerprint density at radius 2 is 2.04 bits per heavy atom. The summed E-state index contributed by atoms with van der Waals surface area (Å²) in [5.74, 6) is 0.795. The van der Waals surface area contributed by atoms with Gasteiger partial charge in [-0.2, -0.15) is 4.98 Å². The molecule has 1 amide bonds. The summed E-state index contributed by atoms with van der Waals surface area (Å²) >= 11 is 9.51. The van der Waals surface area contributed by atoms with Crippen LogP contribution in [0.15, 0.2) is 57.5 Å². The maximum Gasteiger partial charge on any atom is 0.246 e. The molecule has 0 unspecified atom stereocenters. The predicted molar refractivity (Wildman–Crippen MR) is 99.1 cm³/mol. The topological polar surface area (TPSA) is 59.2 Å². The molecule has 0 aliphatic carbocycles. The molecule has 0 bridgehead atoms. The van der Waals surface area contributed by atoms with Gasteiger partial charge >= 0.3 is 0 Å². The average molecular weight is 421 g/mol. The quantitative estimate of drug-likeness (QED) is 0.615. The van der Waals surface area contributed by atoms with Crippen molar-refractivity contribution in [2.75, 3.05) is 7.05 Å². The molecule has 0 aliphatic heterocycles. The summed E-state index contributed by atoms with van der Waals surface area (Å²) in [7, 11) is 1.70. The SMILES string of the molecule is CN(Cc1nc(-c2cccc(Br)c2)no1)C(=O)Cc1ccccc1Cl. The van der Waals surface area contributed by atoms with Crippen molar-refractivity contribution in [1.82, 2.24) is 15.0 Å². The fourth-order valence-electron chi connectivity index (χ4n) is 2.29. The van der Waals surface area contributed by atoms with Crippen LogP contribution < -0.4 is 0 Å². The van der Waals surface area contributed by atoms with Gasteiger partial charge in [-0.25, -0.2) is 0 Å². The molecule has 25 heavy (non-hydrogen) atoms. The number of likely N-dealkylation sites (N-methyl/N-ethyl adjacent to an activating group) is 1. The predicted octanol–water partition coefficient (Wildman–Crippen LogP) is 4.35. The largest absolute Gasteiger partial charge is 0.337 e. The number of halogens is 2. The van der Waals surface area contributed by atoms with Gasteiger partial charge in [-0.3, -0.25) is 4.79 Å². The van der Waals surface area contributed by atoms with E-state index in [0.29, 0.717) is 16.7 Å². The summed E-state index contributed by atoms with van der Waals surface area (Å²) in [6.07, 6.45) is 0.225. The Morgan fingerprint density at radius 1 is 1.24 bits per heavy atom. The van der Waals surface area contributed by atoms with Gasteiger partial charge in [0.15, 0.2) is 0 Å². The number of hydrogen-bond donors (Lipinski definition) is 0. The van der Waals surface area contributed by atoms with E-state index in [-0.39, 0.29) is 18.9 Å². The lowest BCUT2D eigenvalue weighted by molar-refractivity contribution is -0.130. The second-order valence-corrected chi connectivity index (χ2v) is 6.86. The van der Waals surface area contributed by atoms with Crippen LogP contribution in [0.25, 0.3) is 11.4 Å². The molecule has 2 aromatic carbocycles. The highest BCUT2D eigenvalue weighted by Gasteiger charge is 2.16. The highest BCUT2D eigenvalue weighted by Crippen LogP contribution is 2.21. The first kappa shape index (κ1) is 17.6. The Hall–Kier alpha value is -2.18. The van der Waals surface area contributed by atoms with Crippen molar-refractivity contribution in [2.24, 2.45) is 0 Å². The summed E-state index contributed by atoms with van der Waals surface area (Å²) in [4.78, 5) is 18.3. The number of hydrogen-bond acceptors (Lipinski definition) is 4. The van der Waals surface area contributed by atoms with Crippen molar-refractivity contribution in [2.45, 2.75) is 13.0 Å². The Kier molecular flexibility index (Phi) is 5.50. The van der Waals surface area contributed by atoms with Crippen LogP contribution in [-0.4, -0.2) is 28.0 Å². The van der Waals surface area contributed by atoms with Crippen LogP contribution in [0.3, 0.4) is 0 Å². The van der Waals surface area contributed by atoms with Crippen LogP contribution >= 0.6 is 27.5 Å². The second kappa shape index (κ2) is 7.80. The average Bonchev–Trinajstić information content (AvgIpc) is 3.05. The van der Waals surface area contributed by atoms with Gasteiger partial charge in [0, 0.05) is 22.1 Å². The van der Waals surface area contributed by atoms with Gasteiger partial charge in [-0.15, -0.1) is 0 Å². The third-order valence-electron chi connectivity index (χ3n) is 3.65. The molecule has 7 heteroatoms. The molecule has 3 rings (SSSR count). The van der Waals surface area contributed by atoms with Crippen LogP contribution in [0.1, 0.15) is 11.5 Å². The zero-order chi connectivity index (χ0) is 17.8. The first-order chi connectivity index (χ1) is 12.0. The highest BCUT2D eigenvalue weighted by atomic mass is 79.9. The van der Waals surface area contributed by atoms with Crippen molar-refractivity contribution < 1.29 is 9.32 Å².